The van der Waals surface area contributed by atoms with Crippen LogP contribution in [0.4, 0.5) is 0 Å². The number of rotatable bonds is 4. The van der Waals surface area contributed by atoms with E-state index in [9.17, 15) is 9.59 Å². The van der Waals surface area contributed by atoms with Crippen LogP contribution in [0.3, 0.4) is 0 Å². The first kappa shape index (κ1) is 19.6. The van der Waals surface area contributed by atoms with E-state index in [1.165, 1.54) is 4.90 Å². The third-order valence-corrected chi connectivity index (χ3v) is 5.71. The molecule has 0 bridgehead atoms. The van der Waals surface area contributed by atoms with E-state index in [1.807, 2.05) is 18.2 Å². The Balaban J connectivity index is 1.76. The molecule has 152 valence electrons. The lowest BCUT2D eigenvalue weighted by Gasteiger charge is -2.46. The summed E-state index contributed by atoms with van der Waals surface area (Å²) < 4.78 is 6.47. The van der Waals surface area contributed by atoms with Gasteiger partial charge in [0.1, 0.15) is 11.9 Å². The van der Waals surface area contributed by atoms with Gasteiger partial charge in [-0.05, 0) is 45.9 Å². The van der Waals surface area contributed by atoms with E-state index >= 15 is 0 Å². The van der Waals surface area contributed by atoms with Crippen LogP contribution < -0.4 is 10.1 Å². The molecule has 0 spiro atoms. The predicted octanol–water partition coefficient (Wildman–Crippen LogP) is 4.31. The molecule has 1 saturated heterocycles. The molecule has 2 aromatic carbocycles. The van der Waals surface area contributed by atoms with Crippen LogP contribution in [-0.2, 0) is 0 Å². The fourth-order valence-corrected chi connectivity index (χ4v) is 5.01. The maximum Gasteiger partial charge on any atom is 0.261 e. The van der Waals surface area contributed by atoms with Crippen molar-refractivity contribution in [3.8, 4) is 5.75 Å². The second-order valence-corrected chi connectivity index (χ2v) is 9.39. The molecule has 0 atom stereocenters. The molecule has 1 N–H and O–H groups in total. The second-order valence-electron chi connectivity index (χ2n) is 9.39. The van der Waals surface area contributed by atoms with E-state index in [1.54, 1.807) is 18.2 Å². The number of hydrogen-bond donors (Lipinski definition) is 1. The first-order valence-electron chi connectivity index (χ1n) is 10.1. The SMILES string of the molecule is C=CCN1C(=O)c2cccc3c(OC4CC(C)(C)NC(C)(C)C4)ccc(c23)C1=O. The maximum absolute atomic E-state index is 12.9. The lowest BCUT2D eigenvalue weighted by molar-refractivity contribution is 0.0569. The maximum atomic E-state index is 12.9. The average molecular weight is 392 g/mol. The van der Waals surface area contributed by atoms with Crippen molar-refractivity contribution < 1.29 is 14.3 Å². The minimum absolute atomic E-state index is 0.0319. The highest BCUT2D eigenvalue weighted by molar-refractivity contribution is 6.26. The third-order valence-electron chi connectivity index (χ3n) is 5.71. The molecule has 5 nitrogen and oxygen atoms in total. The van der Waals surface area contributed by atoms with Crippen LogP contribution in [0.25, 0.3) is 10.8 Å². The molecule has 1 fully saturated rings. The van der Waals surface area contributed by atoms with Crippen LogP contribution in [0.5, 0.6) is 5.75 Å². The summed E-state index contributed by atoms with van der Waals surface area (Å²) in [5.74, 6) is 0.158. The molecule has 2 aliphatic heterocycles. The number of amides is 2. The summed E-state index contributed by atoms with van der Waals surface area (Å²) in [6.07, 6.45) is 3.37. The summed E-state index contributed by atoms with van der Waals surface area (Å²) >= 11 is 0. The number of benzene rings is 2. The number of ether oxygens (including phenoxy) is 1. The highest BCUT2D eigenvalue weighted by Gasteiger charge is 2.39. The Hall–Kier alpha value is -2.66. The summed E-state index contributed by atoms with van der Waals surface area (Å²) in [6.45, 7) is 12.6. The predicted molar refractivity (Wildman–Crippen MR) is 114 cm³/mol. The fraction of sp³-hybridized carbons (Fsp3) is 0.417. The Morgan fingerprint density at radius 3 is 2.31 bits per heavy atom. The molecule has 2 amide bonds. The molecular weight excluding hydrogens is 364 g/mol. The molecule has 2 aromatic rings. The minimum atomic E-state index is -0.283. The van der Waals surface area contributed by atoms with Gasteiger partial charge in [-0.1, -0.05) is 18.2 Å². The van der Waals surface area contributed by atoms with Crippen LogP contribution in [0, 0.1) is 0 Å². The smallest absolute Gasteiger partial charge is 0.261 e. The molecule has 0 aliphatic carbocycles. The molecule has 0 saturated carbocycles. The highest BCUT2D eigenvalue weighted by atomic mass is 16.5. The Morgan fingerprint density at radius 2 is 1.69 bits per heavy atom. The van der Waals surface area contributed by atoms with Crippen molar-refractivity contribution in [1.82, 2.24) is 10.2 Å². The van der Waals surface area contributed by atoms with Crippen LogP contribution in [0.2, 0.25) is 0 Å². The van der Waals surface area contributed by atoms with Gasteiger partial charge in [0.25, 0.3) is 11.8 Å². The Kier molecular flexibility index (Phi) is 4.54. The van der Waals surface area contributed by atoms with E-state index in [0.29, 0.717) is 16.5 Å². The van der Waals surface area contributed by atoms with E-state index in [4.69, 9.17) is 4.74 Å². The van der Waals surface area contributed by atoms with Gasteiger partial charge in [0.15, 0.2) is 0 Å². The van der Waals surface area contributed by atoms with Crippen LogP contribution in [-0.4, -0.2) is 40.4 Å². The molecule has 4 rings (SSSR count). The minimum Gasteiger partial charge on any atom is -0.490 e. The second kappa shape index (κ2) is 6.70. The van der Waals surface area contributed by atoms with Crippen molar-refractivity contribution in [3.63, 3.8) is 0 Å². The van der Waals surface area contributed by atoms with Gasteiger partial charge in [0, 0.05) is 52.4 Å². The molecule has 2 aliphatic rings. The molecule has 0 unspecified atom stereocenters. The standard InChI is InChI=1S/C24H28N2O3/c1-6-12-26-21(27)17-9-7-8-16-19(11-10-18(20(16)17)22(26)28)29-15-13-23(2,3)25-24(4,5)14-15/h6-11,15,25H,1,12-14H2,2-5H3. The average Bonchev–Trinajstić information content (AvgIpc) is 2.61. The van der Waals surface area contributed by atoms with Crippen molar-refractivity contribution in [2.45, 2.75) is 57.7 Å². The number of nitrogens with zero attached hydrogens (tertiary/aromatic N) is 1. The number of piperidine rings is 1. The van der Waals surface area contributed by atoms with Gasteiger partial charge < -0.3 is 10.1 Å². The molecule has 29 heavy (non-hydrogen) atoms. The zero-order valence-electron chi connectivity index (χ0n) is 17.5. The van der Waals surface area contributed by atoms with Crippen molar-refractivity contribution >= 4 is 22.6 Å². The van der Waals surface area contributed by atoms with Gasteiger partial charge >= 0.3 is 0 Å². The van der Waals surface area contributed by atoms with Crippen LogP contribution in [0.1, 0.15) is 61.3 Å². The monoisotopic (exact) mass is 392 g/mol. The van der Waals surface area contributed by atoms with Crippen molar-refractivity contribution in [1.29, 1.82) is 0 Å². The Bertz CT molecular complexity index is 984. The van der Waals surface area contributed by atoms with E-state index in [-0.39, 0.29) is 35.5 Å². The van der Waals surface area contributed by atoms with E-state index in [0.717, 1.165) is 24.0 Å². The third kappa shape index (κ3) is 3.44. The van der Waals surface area contributed by atoms with Gasteiger partial charge in [0.05, 0.1) is 0 Å². The van der Waals surface area contributed by atoms with Crippen molar-refractivity contribution in [3.05, 3.63) is 54.1 Å². The first-order chi connectivity index (χ1) is 13.6. The summed E-state index contributed by atoms with van der Waals surface area (Å²) in [5.41, 5.74) is 1.01. The van der Waals surface area contributed by atoms with Crippen molar-refractivity contribution in [2.75, 3.05) is 6.54 Å². The first-order valence-corrected chi connectivity index (χ1v) is 10.1. The lowest BCUT2D eigenvalue weighted by Crippen LogP contribution is -2.60. The fourth-order valence-electron chi connectivity index (χ4n) is 5.01. The van der Waals surface area contributed by atoms with Gasteiger partial charge in [-0.3, -0.25) is 14.5 Å². The van der Waals surface area contributed by atoms with Gasteiger partial charge in [-0.25, -0.2) is 0 Å². The number of nitrogens with one attached hydrogen (secondary N) is 1. The quantitative estimate of drug-likeness (QED) is 0.622. The zero-order chi connectivity index (χ0) is 21.0. The summed E-state index contributed by atoms with van der Waals surface area (Å²) in [5, 5.41) is 5.17. The number of carbonyl (C=O) groups excluding carboxylic acids is 2. The summed E-state index contributed by atoms with van der Waals surface area (Å²) in [4.78, 5) is 27.0. The largest absolute Gasteiger partial charge is 0.490 e. The molecular formula is C24H28N2O3. The topological polar surface area (TPSA) is 58.6 Å². The lowest BCUT2D eigenvalue weighted by atomic mass is 9.81. The highest BCUT2D eigenvalue weighted by Crippen LogP contribution is 2.38. The van der Waals surface area contributed by atoms with Crippen LogP contribution in [0.15, 0.2) is 43.0 Å². The molecule has 2 heterocycles. The van der Waals surface area contributed by atoms with Crippen molar-refractivity contribution in [2.24, 2.45) is 0 Å². The number of imide groups is 1. The van der Waals surface area contributed by atoms with Crippen LogP contribution >= 0.6 is 0 Å². The van der Waals surface area contributed by atoms with E-state index < -0.39 is 0 Å². The normalized spacial score (nSPS) is 20.8. The van der Waals surface area contributed by atoms with Gasteiger partial charge in [0.2, 0.25) is 0 Å². The van der Waals surface area contributed by atoms with E-state index in [2.05, 4.69) is 39.6 Å². The molecule has 0 radical (unpaired) electrons. The number of hydrogen-bond acceptors (Lipinski definition) is 4. The van der Waals surface area contributed by atoms with Gasteiger partial charge in [-0.2, -0.15) is 0 Å². The zero-order valence-corrected chi connectivity index (χ0v) is 17.5. The Labute approximate surface area is 171 Å². The summed E-state index contributed by atoms with van der Waals surface area (Å²) in [7, 11) is 0. The summed E-state index contributed by atoms with van der Waals surface area (Å²) in [6, 6.07) is 9.20. The molecule has 5 heteroatoms. The molecule has 0 aromatic heterocycles. The number of carbonyl (C=O) groups is 2. The van der Waals surface area contributed by atoms with Gasteiger partial charge in [-0.15, -0.1) is 6.58 Å². The Morgan fingerprint density at radius 1 is 1.07 bits per heavy atom.